The maximum absolute atomic E-state index is 6.03. The van der Waals surface area contributed by atoms with E-state index in [1.165, 1.54) is 64.2 Å². The molecule has 0 saturated heterocycles. The van der Waals surface area contributed by atoms with Crippen LogP contribution in [0, 0.1) is 0 Å². The first-order chi connectivity index (χ1) is 8.86. The van der Waals surface area contributed by atoms with Gasteiger partial charge < -0.3 is 10.1 Å². The number of nitrogens with one attached hydrogen (secondary N) is 1. The Labute approximate surface area is 114 Å². The second-order valence-electron chi connectivity index (χ2n) is 5.69. The van der Waals surface area contributed by atoms with Crippen LogP contribution in [0.5, 0.6) is 0 Å². The van der Waals surface area contributed by atoms with Gasteiger partial charge in [-0.3, -0.25) is 0 Å². The van der Waals surface area contributed by atoms with Gasteiger partial charge in [-0.05, 0) is 45.1 Å². The van der Waals surface area contributed by atoms with Crippen LogP contribution in [0.25, 0.3) is 0 Å². The Morgan fingerprint density at radius 2 is 1.83 bits per heavy atom. The fourth-order valence-electron chi connectivity index (χ4n) is 2.79. The summed E-state index contributed by atoms with van der Waals surface area (Å²) in [5.41, 5.74) is 0. The zero-order valence-corrected chi connectivity index (χ0v) is 12.5. The molecular weight excluding hydrogens is 222 g/mol. The molecule has 1 fully saturated rings. The van der Waals surface area contributed by atoms with E-state index in [1.807, 2.05) is 0 Å². The summed E-state index contributed by atoms with van der Waals surface area (Å²) in [7, 11) is 0. The number of rotatable bonds is 9. The number of hydrogen-bond donors (Lipinski definition) is 1. The van der Waals surface area contributed by atoms with E-state index in [0.29, 0.717) is 12.1 Å². The van der Waals surface area contributed by atoms with Gasteiger partial charge in [0.1, 0.15) is 0 Å². The highest BCUT2D eigenvalue weighted by Gasteiger charge is 2.12. The normalized spacial score (nSPS) is 19.7. The molecule has 1 atom stereocenters. The average Bonchev–Trinajstić information content (AvgIpc) is 2.66. The molecule has 108 valence electrons. The molecular formula is C16H33NO. The minimum absolute atomic E-state index is 0.566. The highest BCUT2D eigenvalue weighted by molar-refractivity contribution is 4.66. The highest BCUT2D eigenvalue weighted by atomic mass is 16.5. The van der Waals surface area contributed by atoms with Crippen LogP contribution in [0.15, 0.2) is 0 Å². The molecule has 2 nitrogen and oxygen atoms in total. The molecule has 0 amide bonds. The summed E-state index contributed by atoms with van der Waals surface area (Å²) >= 11 is 0. The van der Waals surface area contributed by atoms with E-state index < -0.39 is 0 Å². The van der Waals surface area contributed by atoms with Gasteiger partial charge in [0.05, 0.1) is 6.10 Å². The molecule has 0 aromatic rings. The van der Waals surface area contributed by atoms with Gasteiger partial charge in [0, 0.05) is 12.6 Å². The molecule has 0 aliphatic heterocycles. The van der Waals surface area contributed by atoms with Crippen molar-refractivity contribution in [3.63, 3.8) is 0 Å². The summed E-state index contributed by atoms with van der Waals surface area (Å²) in [6, 6.07) is 0.697. The van der Waals surface area contributed by atoms with Gasteiger partial charge in [0.2, 0.25) is 0 Å². The predicted molar refractivity (Wildman–Crippen MR) is 79.0 cm³/mol. The lowest BCUT2D eigenvalue weighted by Crippen LogP contribution is -2.29. The van der Waals surface area contributed by atoms with Crippen molar-refractivity contribution in [2.24, 2.45) is 0 Å². The molecule has 1 aliphatic rings. The molecule has 0 heterocycles. The third kappa shape index (κ3) is 7.38. The second kappa shape index (κ2) is 10.8. The maximum Gasteiger partial charge on any atom is 0.0575 e. The maximum atomic E-state index is 6.03. The monoisotopic (exact) mass is 255 g/mol. The SMILES string of the molecule is CCCNC(CC)CCCOC1CCCCCC1. The van der Waals surface area contributed by atoms with E-state index in [2.05, 4.69) is 19.2 Å². The number of ether oxygens (including phenoxy) is 1. The van der Waals surface area contributed by atoms with Gasteiger partial charge >= 0.3 is 0 Å². The van der Waals surface area contributed by atoms with Crippen molar-refractivity contribution in [2.45, 2.75) is 90.2 Å². The molecule has 2 heteroatoms. The van der Waals surface area contributed by atoms with E-state index in [-0.39, 0.29) is 0 Å². The van der Waals surface area contributed by atoms with Crippen molar-refractivity contribution in [1.29, 1.82) is 0 Å². The van der Waals surface area contributed by atoms with Crippen LogP contribution in [0.3, 0.4) is 0 Å². The molecule has 0 aromatic carbocycles. The van der Waals surface area contributed by atoms with Gasteiger partial charge in [-0.1, -0.05) is 39.5 Å². The number of hydrogen-bond acceptors (Lipinski definition) is 2. The first-order valence-electron chi connectivity index (χ1n) is 8.21. The smallest absolute Gasteiger partial charge is 0.0575 e. The lowest BCUT2D eigenvalue weighted by molar-refractivity contribution is 0.0398. The quantitative estimate of drug-likeness (QED) is 0.490. The van der Waals surface area contributed by atoms with Gasteiger partial charge in [0.15, 0.2) is 0 Å². The summed E-state index contributed by atoms with van der Waals surface area (Å²) in [4.78, 5) is 0. The lowest BCUT2D eigenvalue weighted by Gasteiger charge is -2.18. The van der Waals surface area contributed by atoms with E-state index in [0.717, 1.165) is 13.2 Å². The minimum atomic E-state index is 0.566. The lowest BCUT2D eigenvalue weighted by atomic mass is 10.1. The average molecular weight is 255 g/mol. The van der Waals surface area contributed by atoms with Crippen molar-refractivity contribution in [3.05, 3.63) is 0 Å². The van der Waals surface area contributed by atoms with Crippen LogP contribution in [-0.2, 0) is 4.74 Å². The van der Waals surface area contributed by atoms with Crippen LogP contribution < -0.4 is 5.32 Å². The van der Waals surface area contributed by atoms with Crippen molar-refractivity contribution >= 4 is 0 Å². The largest absolute Gasteiger partial charge is 0.378 e. The fraction of sp³-hybridized carbons (Fsp3) is 1.00. The molecule has 1 aliphatic carbocycles. The molecule has 18 heavy (non-hydrogen) atoms. The summed E-state index contributed by atoms with van der Waals surface area (Å²) < 4.78 is 6.03. The van der Waals surface area contributed by atoms with E-state index in [9.17, 15) is 0 Å². The summed E-state index contributed by atoms with van der Waals surface area (Å²) in [6.07, 6.45) is 13.7. The Bertz CT molecular complexity index is 176. The predicted octanol–water partition coefficient (Wildman–Crippen LogP) is 4.28. The molecule has 0 bridgehead atoms. The Hall–Kier alpha value is -0.0800. The van der Waals surface area contributed by atoms with Crippen LogP contribution in [0.4, 0.5) is 0 Å². The molecule has 0 radical (unpaired) electrons. The molecule has 1 unspecified atom stereocenters. The molecule has 0 aromatic heterocycles. The van der Waals surface area contributed by atoms with Crippen molar-refractivity contribution in [1.82, 2.24) is 5.32 Å². The fourth-order valence-corrected chi connectivity index (χ4v) is 2.79. The van der Waals surface area contributed by atoms with Crippen LogP contribution in [0.1, 0.15) is 78.1 Å². The Morgan fingerprint density at radius 1 is 1.11 bits per heavy atom. The first-order valence-corrected chi connectivity index (χ1v) is 8.21. The summed E-state index contributed by atoms with van der Waals surface area (Å²) in [5, 5.41) is 3.61. The highest BCUT2D eigenvalue weighted by Crippen LogP contribution is 2.20. The summed E-state index contributed by atoms with van der Waals surface area (Å²) in [6.45, 7) is 6.63. The summed E-state index contributed by atoms with van der Waals surface area (Å²) in [5.74, 6) is 0. The van der Waals surface area contributed by atoms with Crippen LogP contribution in [-0.4, -0.2) is 25.3 Å². The van der Waals surface area contributed by atoms with Gasteiger partial charge in [-0.25, -0.2) is 0 Å². The van der Waals surface area contributed by atoms with Crippen molar-refractivity contribution in [3.8, 4) is 0 Å². The minimum Gasteiger partial charge on any atom is -0.378 e. The Kier molecular flexibility index (Phi) is 9.59. The van der Waals surface area contributed by atoms with E-state index >= 15 is 0 Å². The molecule has 0 spiro atoms. The third-order valence-corrected chi connectivity index (χ3v) is 4.03. The van der Waals surface area contributed by atoms with Gasteiger partial charge in [0.25, 0.3) is 0 Å². The standard InChI is InChI=1S/C16H33NO/c1-3-13-17-15(4-2)10-9-14-18-16-11-7-5-6-8-12-16/h15-17H,3-14H2,1-2H3. The molecule has 1 rings (SSSR count). The van der Waals surface area contributed by atoms with Crippen LogP contribution in [0.2, 0.25) is 0 Å². The van der Waals surface area contributed by atoms with Gasteiger partial charge in [-0.15, -0.1) is 0 Å². The van der Waals surface area contributed by atoms with E-state index in [4.69, 9.17) is 4.74 Å². The Morgan fingerprint density at radius 3 is 2.44 bits per heavy atom. The second-order valence-corrected chi connectivity index (χ2v) is 5.69. The topological polar surface area (TPSA) is 21.3 Å². The van der Waals surface area contributed by atoms with Gasteiger partial charge in [-0.2, -0.15) is 0 Å². The zero-order chi connectivity index (χ0) is 13.1. The van der Waals surface area contributed by atoms with Crippen molar-refractivity contribution < 1.29 is 4.74 Å². The van der Waals surface area contributed by atoms with Crippen LogP contribution >= 0.6 is 0 Å². The molecule has 1 saturated carbocycles. The Balaban J connectivity index is 2.01. The third-order valence-electron chi connectivity index (χ3n) is 4.03. The zero-order valence-electron chi connectivity index (χ0n) is 12.5. The first kappa shape index (κ1) is 16.0. The van der Waals surface area contributed by atoms with Crippen molar-refractivity contribution in [2.75, 3.05) is 13.2 Å². The molecule has 1 N–H and O–H groups in total. The van der Waals surface area contributed by atoms with E-state index in [1.54, 1.807) is 0 Å².